The second-order valence-corrected chi connectivity index (χ2v) is 9.87. The molecule has 0 saturated heterocycles. The summed E-state index contributed by atoms with van der Waals surface area (Å²) in [5.74, 6) is 0. The van der Waals surface area contributed by atoms with Gasteiger partial charge in [0, 0.05) is 19.8 Å². The van der Waals surface area contributed by atoms with Crippen molar-refractivity contribution in [3.63, 3.8) is 0 Å². The van der Waals surface area contributed by atoms with Gasteiger partial charge < -0.3 is 14.2 Å². The first-order valence-electron chi connectivity index (χ1n) is 13.3. The lowest BCUT2D eigenvalue weighted by molar-refractivity contribution is 0.0327. The van der Waals surface area contributed by atoms with E-state index < -0.39 is 7.82 Å². The maximum absolute atomic E-state index is 13.0. The molecule has 7 nitrogen and oxygen atoms in total. The maximum atomic E-state index is 13.0. The van der Waals surface area contributed by atoms with E-state index in [1.54, 1.807) is 0 Å². The summed E-state index contributed by atoms with van der Waals surface area (Å²) in [5.41, 5.74) is 0. The molecule has 0 spiro atoms. The Morgan fingerprint density at radius 2 is 0.743 bits per heavy atom. The molecular weight excluding hydrogens is 467 g/mol. The Morgan fingerprint density at radius 1 is 0.429 bits per heavy atom. The lowest BCUT2D eigenvalue weighted by Gasteiger charge is -2.18. The van der Waals surface area contributed by atoms with Gasteiger partial charge in [0.25, 0.3) is 0 Å². The zero-order valence-electron chi connectivity index (χ0n) is 22.0. The minimum Gasteiger partial charge on any atom is -0.379 e. The van der Waals surface area contributed by atoms with Crippen LogP contribution in [0.4, 0.5) is 0 Å². The van der Waals surface area contributed by atoms with Gasteiger partial charge in [0.2, 0.25) is 0 Å². The number of unbranched alkanes of at least 4 members (excludes halogenated alkanes) is 9. The SMILES string of the molecule is C=CCCCCCOCCOP(=O)(OCCOCCCCCC=C)OCCOCCCCCC=C. The standard InChI is InChI=1S/C27H51O7P/c1-4-7-10-13-16-19-29-22-25-32-35(28,33-26-23-30-20-17-14-11-8-5-2)34-27-24-31-21-18-15-12-9-6-3/h4-6H,1-3,7-27H2. The maximum Gasteiger partial charge on any atom is 0.475 e. The van der Waals surface area contributed by atoms with E-state index >= 15 is 0 Å². The van der Waals surface area contributed by atoms with Gasteiger partial charge in [0.05, 0.1) is 39.6 Å². The van der Waals surface area contributed by atoms with Gasteiger partial charge >= 0.3 is 7.82 Å². The summed E-state index contributed by atoms with van der Waals surface area (Å²) in [6, 6.07) is 0. The van der Waals surface area contributed by atoms with E-state index in [4.69, 9.17) is 27.8 Å². The molecule has 0 bridgehead atoms. The molecule has 0 aromatic heterocycles. The van der Waals surface area contributed by atoms with Gasteiger partial charge in [0.15, 0.2) is 0 Å². The van der Waals surface area contributed by atoms with Crippen LogP contribution in [0.15, 0.2) is 38.0 Å². The molecule has 0 fully saturated rings. The molecule has 0 aliphatic heterocycles. The molecule has 0 unspecified atom stereocenters. The van der Waals surface area contributed by atoms with Crippen LogP contribution < -0.4 is 0 Å². The van der Waals surface area contributed by atoms with Gasteiger partial charge in [-0.2, -0.15) is 0 Å². The zero-order valence-corrected chi connectivity index (χ0v) is 22.9. The summed E-state index contributed by atoms with van der Waals surface area (Å²) < 4.78 is 46.0. The van der Waals surface area contributed by atoms with Gasteiger partial charge in [-0.3, -0.25) is 13.6 Å². The van der Waals surface area contributed by atoms with Crippen molar-refractivity contribution < 1.29 is 32.3 Å². The summed E-state index contributed by atoms with van der Waals surface area (Å²) >= 11 is 0. The summed E-state index contributed by atoms with van der Waals surface area (Å²) in [5, 5.41) is 0. The summed E-state index contributed by atoms with van der Waals surface area (Å²) in [6.07, 6.45) is 18.5. The highest BCUT2D eigenvalue weighted by molar-refractivity contribution is 7.48. The zero-order chi connectivity index (χ0) is 25.7. The van der Waals surface area contributed by atoms with Crippen LogP contribution in [0, 0.1) is 0 Å². The Hall–Kier alpha value is -0.790. The van der Waals surface area contributed by atoms with Crippen molar-refractivity contribution in [3.05, 3.63) is 38.0 Å². The van der Waals surface area contributed by atoms with Crippen LogP contribution in [0.2, 0.25) is 0 Å². The van der Waals surface area contributed by atoms with Crippen LogP contribution in [-0.2, 0) is 32.3 Å². The second kappa shape index (κ2) is 27.8. The highest BCUT2D eigenvalue weighted by Crippen LogP contribution is 2.49. The number of phosphoric ester groups is 1. The number of hydrogen-bond donors (Lipinski definition) is 0. The van der Waals surface area contributed by atoms with E-state index in [-0.39, 0.29) is 19.8 Å². The van der Waals surface area contributed by atoms with Crippen LogP contribution in [0.5, 0.6) is 0 Å². The van der Waals surface area contributed by atoms with Gasteiger partial charge in [-0.15, -0.1) is 19.7 Å². The monoisotopic (exact) mass is 518 g/mol. The number of hydrogen-bond acceptors (Lipinski definition) is 7. The largest absolute Gasteiger partial charge is 0.475 e. The number of ether oxygens (including phenoxy) is 3. The average molecular weight is 519 g/mol. The molecule has 0 heterocycles. The second-order valence-electron chi connectivity index (χ2n) is 8.20. The molecule has 0 rings (SSSR count). The fourth-order valence-corrected chi connectivity index (χ4v) is 4.17. The molecule has 0 aliphatic carbocycles. The third-order valence-electron chi connectivity index (χ3n) is 5.02. The molecular formula is C27H51O7P. The number of rotatable bonds is 30. The molecule has 0 atom stereocenters. The lowest BCUT2D eigenvalue weighted by Crippen LogP contribution is -2.12. The first-order chi connectivity index (χ1) is 17.2. The van der Waals surface area contributed by atoms with Gasteiger partial charge in [0.1, 0.15) is 0 Å². The van der Waals surface area contributed by atoms with Crippen molar-refractivity contribution in [2.24, 2.45) is 0 Å². The normalized spacial score (nSPS) is 11.5. The summed E-state index contributed by atoms with van der Waals surface area (Å²) in [4.78, 5) is 0. The van der Waals surface area contributed by atoms with Gasteiger partial charge in [-0.25, -0.2) is 4.57 Å². The lowest BCUT2D eigenvalue weighted by atomic mass is 10.2. The van der Waals surface area contributed by atoms with E-state index in [2.05, 4.69) is 19.7 Å². The molecule has 206 valence electrons. The molecule has 0 N–H and O–H groups in total. The third-order valence-corrected chi connectivity index (χ3v) is 6.52. The highest BCUT2D eigenvalue weighted by atomic mass is 31.2. The fraction of sp³-hybridized carbons (Fsp3) is 0.778. The molecule has 0 aliphatic rings. The Bertz CT molecular complexity index is 456. The summed E-state index contributed by atoms with van der Waals surface area (Å²) in [7, 11) is -3.70. The molecule has 0 aromatic rings. The average Bonchev–Trinajstić information content (AvgIpc) is 2.86. The Morgan fingerprint density at radius 3 is 1.03 bits per heavy atom. The van der Waals surface area contributed by atoms with Crippen molar-refractivity contribution in [2.45, 2.75) is 77.0 Å². The van der Waals surface area contributed by atoms with Crippen molar-refractivity contribution in [1.29, 1.82) is 0 Å². The number of allylic oxidation sites excluding steroid dienone is 3. The van der Waals surface area contributed by atoms with Crippen LogP contribution >= 0.6 is 7.82 Å². The van der Waals surface area contributed by atoms with E-state index in [0.29, 0.717) is 39.6 Å². The minimum atomic E-state index is -3.70. The Labute approximate surface area is 214 Å². The van der Waals surface area contributed by atoms with E-state index in [1.807, 2.05) is 18.2 Å². The van der Waals surface area contributed by atoms with E-state index in [9.17, 15) is 4.57 Å². The minimum absolute atomic E-state index is 0.137. The topological polar surface area (TPSA) is 72.5 Å². The molecule has 0 saturated carbocycles. The quantitative estimate of drug-likeness (QED) is 0.0556. The van der Waals surface area contributed by atoms with Crippen LogP contribution in [-0.4, -0.2) is 59.5 Å². The van der Waals surface area contributed by atoms with Gasteiger partial charge in [-0.05, 0) is 57.8 Å². The van der Waals surface area contributed by atoms with E-state index in [0.717, 1.165) is 77.0 Å². The molecule has 0 radical (unpaired) electrons. The van der Waals surface area contributed by atoms with Crippen molar-refractivity contribution in [1.82, 2.24) is 0 Å². The predicted octanol–water partition coefficient (Wildman–Crippen LogP) is 7.43. The molecule has 0 amide bonds. The molecule has 0 aromatic carbocycles. The smallest absolute Gasteiger partial charge is 0.379 e. The van der Waals surface area contributed by atoms with E-state index in [1.165, 1.54) is 0 Å². The Balaban J connectivity index is 4.09. The van der Waals surface area contributed by atoms with Crippen molar-refractivity contribution in [2.75, 3.05) is 59.5 Å². The first-order valence-corrected chi connectivity index (χ1v) is 14.7. The van der Waals surface area contributed by atoms with Gasteiger partial charge in [-0.1, -0.05) is 37.5 Å². The van der Waals surface area contributed by atoms with Crippen LogP contribution in [0.3, 0.4) is 0 Å². The van der Waals surface area contributed by atoms with Crippen molar-refractivity contribution in [3.8, 4) is 0 Å². The number of phosphoric acid groups is 1. The van der Waals surface area contributed by atoms with Crippen LogP contribution in [0.1, 0.15) is 77.0 Å². The Kier molecular flexibility index (Phi) is 27.2. The van der Waals surface area contributed by atoms with Crippen molar-refractivity contribution >= 4 is 7.82 Å². The molecule has 8 heteroatoms. The first kappa shape index (κ1) is 34.2. The molecule has 35 heavy (non-hydrogen) atoms. The third kappa shape index (κ3) is 26.1. The highest BCUT2D eigenvalue weighted by Gasteiger charge is 2.26. The predicted molar refractivity (Wildman–Crippen MR) is 144 cm³/mol. The summed E-state index contributed by atoms with van der Waals surface area (Å²) in [6.45, 7) is 14.5. The van der Waals surface area contributed by atoms with Crippen LogP contribution in [0.25, 0.3) is 0 Å². The fourth-order valence-electron chi connectivity index (χ4n) is 3.05.